The molecule has 0 radical (unpaired) electrons. The second-order valence-electron chi connectivity index (χ2n) is 7.18. The summed E-state index contributed by atoms with van der Waals surface area (Å²) in [5.41, 5.74) is 1.96. The van der Waals surface area contributed by atoms with Crippen LogP contribution in [0.4, 0.5) is 0 Å². The first kappa shape index (κ1) is 16.0. The molecule has 1 aliphatic carbocycles. The highest BCUT2D eigenvalue weighted by molar-refractivity contribution is 5.79. The molecule has 0 fully saturated rings. The van der Waals surface area contributed by atoms with E-state index in [0.717, 1.165) is 31.8 Å². The van der Waals surface area contributed by atoms with Gasteiger partial charge in [0.2, 0.25) is 0 Å². The lowest BCUT2D eigenvalue weighted by Crippen LogP contribution is -2.41. The average molecular weight is 262 g/mol. The zero-order valence-electron chi connectivity index (χ0n) is 13.5. The largest absolute Gasteiger partial charge is 0.374 e. The van der Waals surface area contributed by atoms with Gasteiger partial charge in [0.05, 0.1) is 12.4 Å². The molecule has 0 aromatic heterocycles. The van der Waals surface area contributed by atoms with E-state index >= 15 is 0 Å². The van der Waals surface area contributed by atoms with Crippen LogP contribution in [0.3, 0.4) is 0 Å². The van der Waals surface area contributed by atoms with E-state index in [2.05, 4.69) is 70.1 Å². The van der Waals surface area contributed by atoms with E-state index in [-0.39, 0.29) is 10.8 Å². The molecule has 0 atom stereocenters. The van der Waals surface area contributed by atoms with Gasteiger partial charge < -0.3 is 5.32 Å². The second kappa shape index (κ2) is 6.40. The summed E-state index contributed by atoms with van der Waals surface area (Å²) in [6.45, 7) is 15.4. The third-order valence-corrected chi connectivity index (χ3v) is 4.44. The molecule has 2 nitrogen and oxygen atoms in total. The summed E-state index contributed by atoms with van der Waals surface area (Å²) >= 11 is 0. The first-order valence-electron chi connectivity index (χ1n) is 7.32. The Kier molecular flexibility index (Phi) is 5.39. The van der Waals surface area contributed by atoms with Gasteiger partial charge in [0.1, 0.15) is 0 Å². The van der Waals surface area contributed by atoms with Crippen molar-refractivity contribution in [2.45, 2.75) is 54.4 Å². The summed E-state index contributed by atoms with van der Waals surface area (Å²) < 4.78 is 0. The molecular formula is C17H30N2. The highest BCUT2D eigenvalue weighted by atomic mass is 15.0. The van der Waals surface area contributed by atoms with Crippen molar-refractivity contribution < 1.29 is 0 Å². The fraction of sp³-hybridized carbons (Fsp3) is 0.706. The van der Waals surface area contributed by atoms with Gasteiger partial charge in [-0.05, 0) is 36.2 Å². The van der Waals surface area contributed by atoms with Crippen LogP contribution in [0.5, 0.6) is 0 Å². The Hall–Kier alpha value is -1.05. The van der Waals surface area contributed by atoms with Gasteiger partial charge in [0, 0.05) is 6.54 Å². The van der Waals surface area contributed by atoms with Crippen LogP contribution in [0.1, 0.15) is 54.4 Å². The smallest absolute Gasteiger partial charge is 0.0935 e. The molecule has 0 spiro atoms. The molecular weight excluding hydrogens is 232 g/mol. The third-order valence-electron chi connectivity index (χ3n) is 4.44. The van der Waals surface area contributed by atoms with Crippen molar-refractivity contribution in [2.75, 3.05) is 13.1 Å². The summed E-state index contributed by atoms with van der Waals surface area (Å²) in [6, 6.07) is 0. The fourth-order valence-electron chi connectivity index (χ4n) is 1.67. The van der Waals surface area contributed by atoms with Crippen LogP contribution < -0.4 is 5.32 Å². The fourth-order valence-corrected chi connectivity index (χ4v) is 1.67. The molecule has 1 rings (SSSR count). The number of hydrogen-bond acceptors (Lipinski definition) is 1. The molecule has 0 aromatic rings. The zero-order valence-corrected chi connectivity index (χ0v) is 13.5. The quantitative estimate of drug-likeness (QED) is 0.591. The molecule has 19 heavy (non-hydrogen) atoms. The number of hydrogen-bond donors (Lipinski definition) is 1. The lowest BCUT2D eigenvalue weighted by molar-refractivity contribution is 0.136. The van der Waals surface area contributed by atoms with E-state index in [1.165, 1.54) is 5.57 Å². The third kappa shape index (κ3) is 5.22. The number of rotatable bonds is 4. The normalized spacial score (nSPS) is 17.4. The van der Waals surface area contributed by atoms with Crippen LogP contribution >= 0.6 is 0 Å². The lowest BCUT2D eigenvalue weighted by atomic mass is 9.69. The summed E-state index contributed by atoms with van der Waals surface area (Å²) in [5.74, 6) is 1.05. The first-order chi connectivity index (χ1) is 8.72. The maximum Gasteiger partial charge on any atom is 0.0935 e. The Labute approximate surface area is 119 Å². The molecule has 108 valence electrons. The van der Waals surface area contributed by atoms with E-state index in [9.17, 15) is 0 Å². The Balaban J connectivity index is 2.44. The average Bonchev–Trinajstić information content (AvgIpc) is 2.34. The standard InChI is InChI=1S/C17H30N2/c1-14(18-12-15-10-8-7-9-11-15)19-13-17(5,6)16(2,3)4/h7-8,10H,9,11-13H2,1-6H3,(H,18,19). The number of nitrogens with zero attached hydrogens (tertiary/aromatic N) is 1. The summed E-state index contributed by atoms with van der Waals surface area (Å²) in [6.07, 6.45) is 8.86. The molecule has 1 N–H and O–H groups in total. The molecule has 1 aliphatic rings. The first-order valence-corrected chi connectivity index (χ1v) is 7.32. The number of aliphatic imine (C=N–C) groups is 1. The second-order valence-corrected chi connectivity index (χ2v) is 7.18. The Bertz CT molecular complexity index is 379. The lowest BCUT2D eigenvalue weighted by Gasteiger charge is -2.39. The minimum Gasteiger partial charge on any atom is -0.374 e. The van der Waals surface area contributed by atoms with Crippen LogP contribution in [0.2, 0.25) is 0 Å². The molecule has 0 bridgehead atoms. The van der Waals surface area contributed by atoms with Crippen molar-refractivity contribution in [1.82, 2.24) is 5.32 Å². The summed E-state index contributed by atoms with van der Waals surface area (Å²) in [7, 11) is 0. The highest BCUT2D eigenvalue weighted by Crippen LogP contribution is 2.36. The van der Waals surface area contributed by atoms with Gasteiger partial charge in [-0.2, -0.15) is 0 Å². The molecule has 0 aromatic carbocycles. The molecule has 0 unspecified atom stereocenters. The zero-order chi connectivity index (χ0) is 14.5. The van der Waals surface area contributed by atoms with Gasteiger partial charge in [-0.15, -0.1) is 0 Å². The van der Waals surface area contributed by atoms with E-state index in [0.29, 0.717) is 0 Å². The number of nitrogens with one attached hydrogen (secondary N) is 1. The van der Waals surface area contributed by atoms with Gasteiger partial charge in [0.25, 0.3) is 0 Å². The summed E-state index contributed by atoms with van der Waals surface area (Å²) in [4.78, 5) is 4.64. The monoisotopic (exact) mass is 262 g/mol. The maximum atomic E-state index is 4.64. The van der Waals surface area contributed by atoms with E-state index in [1.54, 1.807) is 0 Å². The molecule has 0 amide bonds. The number of amidine groups is 1. The minimum absolute atomic E-state index is 0.247. The van der Waals surface area contributed by atoms with Crippen LogP contribution in [0, 0.1) is 10.8 Å². The van der Waals surface area contributed by atoms with Crippen LogP contribution in [-0.4, -0.2) is 18.9 Å². The van der Waals surface area contributed by atoms with Gasteiger partial charge in [-0.1, -0.05) is 52.8 Å². The molecule has 0 saturated heterocycles. The van der Waals surface area contributed by atoms with Crippen LogP contribution in [0.25, 0.3) is 0 Å². The van der Waals surface area contributed by atoms with Crippen molar-refractivity contribution in [1.29, 1.82) is 0 Å². The van der Waals surface area contributed by atoms with Crippen molar-refractivity contribution in [3.05, 3.63) is 23.8 Å². The van der Waals surface area contributed by atoms with E-state index in [4.69, 9.17) is 0 Å². The van der Waals surface area contributed by atoms with Crippen molar-refractivity contribution in [3.63, 3.8) is 0 Å². The summed E-state index contributed by atoms with van der Waals surface area (Å²) in [5, 5.41) is 3.47. The van der Waals surface area contributed by atoms with Gasteiger partial charge in [-0.25, -0.2) is 0 Å². The van der Waals surface area contributed by atoms with Gasteiger partial charge in [-0.3, -0.25) is 4.99 Å². The highest BCUT2D eigenvalue weighted by Gasteiger charge is 2.32. The predicted molar refractivity (Wildman–Crippen MR) is 85.7 cm³/mol. The Morgan fingerprint density at radius 3 is 2.47 bits per heavy atom. The van der Waals surface area contributed by atoms with Gasteiger partial charge >= 0.3 is 0 Å². The number of allylic oxidation sites excluding steroid dienone is 3. The van der Waals surface area contributed by atoms with E-state index in [1.807, 2.05) is 0 Å². The minimum atomic E-state index is 0.247. The van der Waals surface area contributed by atoms with Crippen molar-refractivity contribution in [3.8, 4) is 0 Å². The van der Waals surface area contributed by atoms with Crippen LogP contribution in [-0.2, 0) is 0 Å². The van der Waals surface area contributed by atoms with Crippen molar-refractivity contribution in [2.24, 2.45) is 15.8 Å². The molecule has 2 heteroatoms. The molecule has 0 saturated carbocycles. The van der Waals surface area contributed by atoms with Gasteiger partial charge in [0.15, 0.2) is 0 Å². The maximum absolute atomic E-state index is 4.64. The SMILES string of the molecule is C/C(=N\CC1=CC=CCC1)NCC(C)(C)C(C)(C)C. The molecule has 0 aliphatic heterocycles. The Morgan fingerprint density at radius 2 is 1.95 bits per heavy atom. The van der Waals surface area contributed by atoms with Crippen LogP contribution in [0.15, 0.2) is 28.8 Å². The Morgan fingerprint density at radius 1 is 1.26 bits per heavy atom. The van der Waals surface area contributed by atoms with Crippen molar-refractivity contribution >= 4 is 5.84 Å². The van der Waals surface area contributed by atoms with E-state index < -0.39 is 0 Å². The predicted octanol–water partition coefficient (Wildman–Crippen LogP) is 4.34. The topological polar surface area (TPSA) is 24.4 Å². The molecule has 0 heterocycles.